The van der Waals surface area contributed by atoms with Crippen molar-refractivity contribution < 1.29 is 19.1 Å². The van der Waals surface area contributed by atoms with Crippen LogP contribution in [-0.2, 0) is 22.4 Å². The number of amides is 3. The van der Waals surface area contributed by atoms with Gasteiger partial charge in [-0.05, 0) is 69.9 Å². The number of carbonyl (C=O) groups excluding carboxylic acids is 3. The zero-order valence-electron chi connectivity index (χ0n) is 19.8. The summed E-state index contributed by atoms with van der Waals surface area (Å²) in [5.41, 5.74) is 4.33. The number of hydrazine groups is 1. The van der Waals surface area contributed by atoms with Crippen LogP contribution >= 0.6 is 11.3 Å². The van der Waals surface area contributed by atoms with Gasteiger partial charge in [-0.3, -0.25) is 20.0 Å². The molecular weight excluding hydrogens is 454 g/mol. The highest BCUT2D eigenvalue weighted by atomic mass is 32.1. The van der Waals surface area contributed by atoms with Gasteiger partial charge in [-0.2, -0.15) is 0 Å². The van der Waals surface area contributed by atoms with Gasteiger partial charge < -0.3 is 9.64 Å². The molecule has 0 spiro atoms. The minimum Gasteiger partial charge on any atom is -0.444 e. The third-order valence-corrected chi connectivity index (χ3v) is 6.99. The zero-order valence-corrected chi connectivity index (χ0v) is 20.6. The number of hydrogen-bond donors (Lipinski definition) is 1. The fraction of sp³-hybridized carbons (Fsp3) is 0.542. The molecule has 2 aliphatic rings. The van der Waals surface area contributed by atoms with Crippen molar-refractivity contribution in [2.24, 2.45) is 5.92 Å². The Kier molecular flexibility index (Phi) is 7.16. The summed E-state index contributed by atoms with van der Waals surface area (Å²) >= 11 is 1.34. The molecule has 9 nitrogen and oxygen atoms in total. The number of aromatic nitrogens is 2. The number of likely N-dealkylation sites (tertiary alicyclic amines) is 1. The van der Waals surface area contributed by atoms with Gasteiger partial charge in [-0.15, -0.1) is 11.3 Å². The van der Waals surface area contributed by atoms with Crippen LogP contribution in [0, 0.1) is 5.92 Å². The highest BCUT2D eigenvalue weighted by Gasteiger charge is 2.37. The number of nitrogens with zero attached hydrogens (tertiary/aromatic N) is 4. The van der Waals surface area contributed by atoms with E-state index in [-0.39, 0.29) is 29.9 Å². The van der Waals surface area contributed by atoms with Crippen LogP contribution in [0.15, 0.2) is 30.0 Å². The van der Waals surface area contributed by atoms with Crippen molar-refractivity contribution in [3.05, 3.63) is 46.2 Å². The lowest BCUT2D eigenvalue weighted by molar-refractivity contribution is -0.142. The smallest absolute Gasteiger partial charge is 0.410 e. The lowest BCUT2D eigenvalue weighted by Gasteiger charge is -2.39. The summed E-state index contributed by atoms with van der Waals surface area (Å²) in [6.45, 7) is 6.40. The molecule has 3 heterocycles. The molecule has 0 bridgehead atoms. The van der Waals surface area contributed by atoms with Crippen molar-refractivity contribution in [2.75, 3.05) is 13.1 Å². The maximum Gasteiger partial charge on any atom is 0.410 e. The maximum absolute atomic E-state index is 13.7. The van der Waals surface area contributed by atoms with Crippen LogP contribution in [0.3, 0.4) is 0 Å². The molecule has 0 saturated carbocycles. The first-order chi connectivity index (χ1) is 16.2. The molecule has 182 valence electrons. The van der Waals surface area contributed by atoms with E-state index in [4.69, 9.17) is 4.74 Å². The van der Waals surface area contributed by atoms with Crippen molar-refractivity contribution in [3.63, 3.8) is 0 Å². The average molecular weight is 486 g/mol. The summed E-state index contributed by atoms with van der Waals surface area (Å²) in [6, 6.07) is 3.37. The molecule has 1 aliphatic heterocycles. The second-order valence-electron chi connectivity index (χ2n) is 9.76. The lowest BCUT2D eigenvalue weighted by atomic mass is 9.90. The van der Waals surface area contributed by atoms with Gasteiger partial charge in [0.2, 0.25) is 5.91 Å². The Morgan fingerprint density at radius 1 is 1.21 bits per heavy atom. The number of aryl methyl sites for hydroxylation is 1. The highest BCUT2D eigenvalue weighted by molar-refractivity contribution is 7.12. The Hall–Kier alpha value is -3.01. The second-order valence-corrected chi connectivity index (χ2v) is 10.7. The molecule has 10 heteroatoms. The molecule has 34 heavy (non-hydrogen) atoms. The van der Waals surface area contributed by atoms with E-state index >= 15 is 0 Å². The van der Waals surface area contributed by atoms with Crippen molar-refractivity contribution in [3.8, 4) is 0 Å². The van der Waals surface area contributed by atoms with E-state index in [1.54, 1.807) is 23.5 Å². The standard InChI is InChI=1S/C24H31N5O4S/c1-24(2,3)33-23(32)28-10-8-16(9-11-28)22(31)29(27-21(30)20-5-4-12-34-20)18-6-7-19-17(13-18)14-25-15-26-19/h4-5,12,14-16,18H,6-11,13H2,1-3H3,(H,27,30). The van der Waals surface area contributed by atoms with Crippen LogP contribution in [-0.4, -0.2) is 62.5 Å². The normalized spacial score (nSPS) is 18.7. The molecule has 1 aliphatic carbocycles. The monoisotopic (exact) mass is 485 g/mol. The summed E-state index contributed by atoms with van der Waals surface area (Å²) in [4.78, 5) is 49.6. The minimum atomic E-state index is -0.562. The summed E-state index contributed by atoms with van der Waals surface area (Å²) in [6.07, 6.45) is 6.03. The van der Waals surface area contributed by atoms with Gasteiger partial charge in [0.05, 0.1) is 10.9 Å². The average Bonchev–Trinajstić information content (AvgIpc) is 3.36. The van der Waals surface area contributed by atoms with Crippen LogP contribution < -0.4 is 5.43 Å². The van der Waals surface area contributed by atoms with Crippen LogP contribution in [0.1, 0.15) is 61.0 Å². The van der Waals surface area contributed by atoms with E-state index in [0.717, 1.165) is 17.7 Å². The van der Waals surface area contributed by atoms with Gasteiger partial charge in [0, 0.05) is 30.9 Å². The summed E-state index contributed by atoms with van der Waals surface area (Å²) in [7, 11) is 0. The van der Waals surface area contributed by atoms with Crippen molar-refractivity contribution >= 4 is 29.2 Å². The van der Waals surface area contributed by atoms with E-state index < -0.39 is 5.60 Å². The first-order valence-corrected chi connectivity index (χ1v) is 12.5. The Bertz CT molecular complexity index is 1030. The minimum absolute atomic E-state index is 0.112. The van der Waals surface area contributed by atoms with Crippen LogP contribution in [0.5, 0.6) is 0 Å². The van der Waals surface area contributed by atoms with Crippen molar-refractivity contribution in [2.45, 2.75) is 64.5 Å². The summed E-state index contributed by atoms with van der Waals surface area (Å²) < 4.78 is 5.47. The third kappa shape index (κ3) is 5.72. The van der Waals surface area contributed by atoms with E-state index in [9.17, 15) is 14.4 Å². The molecule has 1 fully saturated rings. The number of ether oxygens (including phenoxy) is 1. The van der Waals surface area contributed by atoms with E-state index in [1.165, 1.54) is 16.3 Å². The molecule has 1 atom stereocenters. The summed E-state index contributed by atoms with van der Waals surface area (Å²) in [5.74, 6) is -0.681. The zero-order chi connectivity index (χ0) is 24.3. The topological polar surface area (TPSA) is 105 Å². The van der Waals surface area contributed by atoms with Gasteiger partial charge >= 0.3 is 6.09 Å². The first-order valence-electron chi connectivity index (χ1n) is 11.6. The van der Waals surface area contributed by atoms with Crippen molar-refractivity contribution in [1.29, 1.82) is 0 Å². The molecule has 1 unspecified atom stereocenters. The van der Waals surface area contributed by atoms with E-state index in [2.05, 4.69) is 15.4 Å². The van der Waals surface area contributed by atoms with Gasteiger partial charge in [0.1, 0.15) is 11.9 Å². The molecule has 2 aromatic rings. The predicted octanol–water partition coefficient (Wildman–Crippen LogP) is 3.22. The van der Waals surface area contributed by atoms with Crippen LogP contribution in [0.2, 0.25) is 0 Å². The SMILES string of the molecule is CC(C)(C)OC(=O)N1CCC(C(=O)N(NC(=O)c2cccs2)C2CCc3ncncc3C2)CC1. The molecule has 4 rings (SSSR count). The maximum atomic E-state index is 13.7. The molecular formula is C24H31N5O4S. The Morgan fingerprint density at radius 3 is 2.65 bits per heavy atom. The fourth-order valence-electron chi connectivity index (χ4n) is 4.39. The molecule has 1 saturated heterocycles. The number of nitrogens with one attached hydrogen (secondary N) is 1. The quantitative estimate of drug-likeness (QED) is 0.670. The number of fused-ring (bicyclic) bond motifs is 1. The lowest BCUT2D eigenvalue weighted by Crippen LogP contribution is -2.56. The first kappa shape index (κ1) is 24.1. The molecule has 3 amide bonds. The van der Waals surface area contributed by atoms with E-state index in [0.29, 0.717) is 43.6 Å². The molecule has 0 aromatic carbocycles. The fourth-order valence-corrected chi connectivity index (χ4v) is 5.00. The highest BCUT2D eigenvalue weighted by Crippen LogP contribution is 2.27. The van der Waals surface area contributed by atoms with Crippen LogP contribution in [0.4, 0.5) is 4.79 Å². The largest absolute Gasteiger partial charge is 0.444 e. The van der Waals surface area contributed by atoms with Crippen molar-refractivity contribution in [1.82, 2.24) is 25.3 Å². The Balaban J connectivity index is 1.46. The predicted molar refractivity (Wildman–Crippen MR) is 127 cm³/mol. The molecule has 0 radical (unpaired) electrons. The molecule has 2 aromatic heterocycles. The van der Waals surface area contributed by atoms with Gasteiger partial charge in [0.25, 0.3) is 5.91 Å². The van der Waals surface area contributed by atoms with E-state index in [1.807, 2.05) is 32.2 Å². The number of piperidine rings is 1. The van der Waals surface area contributed by atoms with Gasteiger partial charge in [-0.25, -0.2) is 14.8 Å². The Morgan fingerprint density at radius 2 is 1.97 bits per heavy atom. The second kappa shape index (κ2) is 10.1. The Labute approximate surface area is 203 Å². The summed E-state index contributed by atoms with van der Waals surface area (Å²) in [5, 5.41) is 3.37. The number of thiophene rings is 1. The number of carbonyl (C=O) groups is 3. The van der Waals surface area contributed by atoms with Gasteiger partial charge in [-0.1, -0.05) is 6.07 Å². The number of rotatable bonds is 3. The number of hydrogen-bond acceptors (Lipinski definition) is 7. The molecule has 1 N–H and O–H groups in total. The third-order valence-electron chi connectivity index (χ3n) is 6.12. The van der Waals surface area contributed by atoms with Crippen LogP contribution in [0.25, 0.3) is 0 Å². The van der Waals surface area contributed by atoms with Gasteiger partial charge in [0.15, 0.2) is 0 Å².